The van der Waals surface area contributed by atoms with Crippen molar-refractivity contribution in [3.05, 3.63) is 0 Å². The van der Waals surface area contributed by atoms with Gasteiger partial charge < -0.3 is 0 Å². The summed E-state index contributed by atoms with van der Waals surface area (Å²) in [6.07, 6.45) is 4.31. The van der Waals surface area contributed by atoms with Crippen molar-refractivity contribution in [2.45, 2.75) is 58.7 Å². The molecular weight excluding hydrogens is 248 g/mol. The molecule has 0 nitrogen and oxygen atoms in total. The Kier molecular flexibility index (Phi) is 5.15. The fourth-order valence-electron chi connectivity index (χ4n) is 3.14. The highest BCUT2D eigenvalue weighted by Gasteiger charge is 2.35. The van der Waals surface area contributed by atoms with Gasteiger partial charge in [0.2, 0.25) is 0 Å². The lowest BCUT2D eigenvalue weighted by Gasteiger charge is -2.41. The summed E-state index contributed by atoms with van der Waals surface area (Å²) in [7, 11) is 0. The van der Waals surface area contributed by atoms with Gasteiger partial charge in [-0.1, -0.05) is 57.0 Å². The summed E-state index contributed by atoms with van der Waals surface area (Å²) >= 11 is 3.94. The molecule has 0 heterocycles. The van der Waals surface area contributed by atoms with Gasteiger partial charge in [0.25, 0.3) is 0 Å². The normalized spacial score (nSPS) is 34.8. The van der Waals surface area contributed by atoms with Gasteiger partial charge in [-0.2, -0.15) is 0 Å². The lowest BCUT2D eigenvalue weighted by atomic mass is 9.67. The Labute approximate surface area is 104 Å². The van der Waals surface area contributed by atoms with Gasteiger partial charge in [0, 0.05) is 4.83 Å². The number of hydrogen-bond acceptors (Lipinski definition) is 0. The molecule has 0 aromatic carbocycles. The highest BCUT2D eigenvalue weighted by Crippen LogP contribution is 2.43. The summed E-state index contributed by atoms with van der Waals surface area (Å²) in [6.45, 7) is 11.9. The van der Waals surface area contributed by atoms with E-state index in [2.05, 4.69) is 50.5 Å². The zero-order valence-corrected chi connectivity index (χ0v) is 12.5. The average molecular weight is 275 g/mol. The highest BCUT2D eigenvalue weighted by molar-refractivity contribution is 9.09. The first-order valence-electron chi connectivity index (χ1n) is 6.57. The standard InChI is InChI=1S/C14H27Br/c1-9(2)12-7-6-11(5)8-13(12)14(15)10(3)4/h9-14H,6-8H2,1-5H3. The number of rotatable bonds is 3. The largest absolute Gasteiger partial charge is 0.0885 e. The second kappa shape index (κ2) is 5.70. The second-order valence-electron chi connectivity index (χ2n) is 6.18. The minimum Gasteiger partial charge on any atom is -0.0885 e. The monoisotopic (exact) mass is 274 g/mol. The lowest BCUT2D eigenvalue weighted by molar-refractivity contribution is 0.132. The van der Waals surface area contributed by atoms with Crippen LogP contribution < -0.4 is 0 Å². The van der Waals surface area contributed by atoms with Gasteiger partial charge in [0.1, 0.15) is 0 Å². The summed E-state index contributed by atoms with van der Waals surface area (Å²) in [5.41, 5.74) is 0. The van der Waals surface area contributed by atoms with Crippen molar-refractivity contribution in [2.24, 2.45) is 29.6 Å². The molecule has 1 fully saturated rings. The van der Waals surface area contributed by atoms with Crippen molar-refractivity contribution in [1.82, 2.24) is 0 Å². The van der Waals surface area contributed by atoms with Crippen LogP contribution >= 0.6 is 15.9 Å². The molecule has 4 unspecified atom stereocenters. The molecular formula is C14H27Br. The quantitative estimate of drug-likeness (QED) is 0.627. The summed E-state index contributed by atoms with van der Waals surface area (Å²) in [5.74, 6) is 4.38. The van der Waals surface area contributed by atoms with Gasteiger partial charge in [-0.05, 0) is 42.4 Å². The smallest absolute Gasteiger partial charge is 0.0199 e. The van der Waals surface area contributed by atoms with E-state index in [1.54, 1.807) is 0 Å². The van der Waals surface area contributed by atoms with Crippen LogP contribution in [-0.2, 0) is 0 Å². The van der Waals surface area contributed by atoms with Crippen molar-refractivity contribution in [1.29, 1.82) is 0 Å². The molecule has 1 saturated carbocycles. The summed E-state index contributed by atoms with van der Waals surface area (Å²) in [4.78, 5) is 0.715. The number of hydrogen-bond donors (Lipinski definition) is 0. The molecule has 0 saturated heterocycles. The van der Waals surface area contributed by atoms with Gasteiger partial charge in [-0.15, -0.1) is 0 Å². The van der Waals surface area contributed by atoms with Crippen molar-refractivity contribution in [2.75, 3.05) is 0 Å². The molecule has 0 N–H and O–H groups in total. The minimum atomic E-state index is 0.715. The Morgan fingerprint density at radius 3 is 2.07 bits per heavy atom. The zero-order chi connectivity index (χ0) is 11.6. The van der Waals surface area contributed by atoms with Gasteiger partial charge in [0.05, 0.1) is 0 Å². The zero-order valence-electron chi connectivity index (χ0n) is 11.0. The van der Waals surface area contributed by atoms with E-state index < -0.39 is 0 Å². The van der Waals surface area contributed by atoms with E-state index in [-0.39, 0.29) is 0 Å². The third-order valence-corrected chi connectivity index (χ3v) is 5.86. The topological polar surface area (TPSA) is 0 Å². The molecule has 15 heavy (non-hydrogen) atoms. The molecule has 4 atom stereocenters. The molecule has 0 aromatic rings. The first-order chi connectivity index (χ1) is 6.93. The van der Waals surface area contributed by atoms with E-state index in [4.69, 9.17) is 0 Å². The Morgan fingerprint density at radius 2 is 1.60 bits per heavy atom. The van der Waals surface area contributed by atoms with Crippen molar-refractivity contribution in [3.8, 4) is 0 Å². The average Bonchev–Trinajstić information content (AvgIpc) is 2.15. The molecule has 1 rings (SSSR count). The molecule has 0 amide bonds. The molecule has 0 spiro atoms. The van der Waals surface area contributed by atoms with Crippen LogP contribution in [0, 0.1) is 29.6 Å². The number of halogens is 1. The fourth-order valence-corrected chi connectivity index (χ4v) is 3.74. The Hall–Kier alpha value is 0.480. The Balaban J connectivity index is 2.69. The summed E-state index contributed by atoms with van der Waals surface area (Å²) in [6, 6.07) is 0. The van der Waals surface area contributed by atoms with Crippen LogP contribution in [0.2, 0.25) is 0 Å². The maximum Gasteiger partial charge on any atom is 0.0199 e. The van der Waals surface area contributed by atoms with Crippen LogP contribution in [0.5, 0.6) is 0 Å². The van der Waals surface area contributed by atoms with E-state index in [0.29, 0.717) is 4.83 Å². The van der Waals surface area contributed by atoms with Gasteiger partial charge in [-0.25, -0.2) is 0 Å². The van der Waals surface area contributed by atoms with Crippen molar-refractivity contribution < 1.29 is 0 Å². The summed E-state index contributed by atoms with van der Waals surface area (Å²) in [5, 5.41) is 0. The molecule has 0 bridgehead atoms. The SMILES string of the molecule is CC1CCC(C(C)C)C(C(Br)C(C)C)C1. The molecule has 1 aliphatic rings. The third kappa shape index (κ3) is 3.47. The fraction of sp³-hybridized carbons (Fsp3) is 1.00. The van der Waals surface area contributed by atoms with Crippen LogP contribution in [0.1, 0.15) is 53.9 Å². The second-order valence-corrected chi connectivity index (χ2v) is 7.24. The first kappa shape index (κ1) is 13.5. The molecule has 1 aliphatic carbocycles. The van der Waals surface area contributed by atoms with E-state index in [0.717, 1.165) is 29.6 Å². The predicted molar refractivity (Wildman–Crippen MR) is 72.4 cm³/mol. The van der Waals surface area contributed by atoms with E-state index in [1.165, 1.54) is 19.3 Å². The predicted octanol–water partition coefficient (Wildman–Crippen LogP) is 5.11. The maximum atomic E-state index is 3.94. The van der Waals surface area contributed by atoms with Crippen molar-refractivity contribution >= 4 is 15.9 Å². The molecule has 0 aliphatic heterocycles. The van der Waals surface area contributed by atoms with Gasteiger partial charge in [0.15, 0.2) is 0 Å². The van der Waals surface area contributed by atoms with E-state index in [9.17, 15) is 0 Å². The minimum absolute atomic E-state index is 0.715. The van der Waals surface area contributed by atoms with Crippen LogP contribution in [0.15, 0.2) is 0 Å². The molecule has 0 radical (unpaired) electrons. The number of alkyl halides is 1. The Bertz CT molecular complexity index is 186. The molecule has 90 valence electrons. The first-order valence-corrected chi connectivity index (χ1v) is 7.49. The van der Waals surface area contributed by atoms with E-state index >= 15 is 0 Å². The van der Waals surface area contributed by atoms with E-state index in [1.807, 2.05) is 0 Å². The Morgan fingerprint density at radius 1 is 1.00 bits per heavy atom. The lowest BCUT2D eigenvalue weighted by Crippen LogP contribution is -2.35. The molecule has 0 aromatic heterocycles. The third-order valence-electron chi connectivity index (χ3n) is 4.12. The van der Waals surface area contributed by atoms with Gasteiger partial charge >= 0.3 is 0 Å². The van der Waals surface area contributed by atoms with Gasteiger partial charge in [-0.3, -0.25) is 0 Å². The van der Waals surface area contributed by atoms with Crippen molar-refractivity contribution in [3.63, 3.8) is 0 Å². The summed E-state index contributed by atoms with van der Waals surface area (Å²) < 4.78 is 0. The maximum absolute atomic E-state index is 3.94. The van der Waals surface area contributed by atoms with Crippen LogP contribution in [0.4, 0.5) is 0 Å². The van der Waals surface area contributed by atoms with Crippen LogP contribution in [0.25, 0.3) is 0 Å². The van der Waals surface area contributed by atoms with Crippen LogP contribution in [0.3, 0.4) is 0 Å². The van der Waals surface area contributed by atoms with Crippen LogP contribution in [-0.4, -0.2) is 4.83 Å². The highest BCUT2D eigenvalue weighted by atomic mass is 79.9. The molecule has 1 heteroatoms.